The summed E-state index contributed by atoms with van der Waals surface area (Å²) in [7, 11) is 1.51. The third-order valence-electron chi connectivity index (χ3n) is 2.79. The molecule has 20 heavy (non-hydrogen) atoms. The van der Waals surface area contributed by atoms with Gasteiger partial charge in [-0.3, -0.25) is 9.48 Å². The maximum Gasteiger partial charge on any atom is 0.276 e. The van der Waals surface area contributed by atoms with Gasteiger partial charge in [0.25, 0.3) is 5.91 Å². The van der Waals surface area contributed by atoms with Gasteiger partial charge >= 0.3 is 0 Å². The molecule has 7 heteroatoms. The molecule has 0 aliphatic heterocycles. The number of anilines is 2. The van der Waals surface area contributed by atoms with E-state index in [1.54, 1.807) is 18.2 Å². The van der Waals surface area contributed by atoms with Crippen molar-refractivity contribution >= 4 is 28.9 Å². The standard InChI is InChI=1S/C13H15ClN4O2/c1-3-18-12(10(15)7-16-18)13(19)17-8-4-5-9(14)11(6-8)20-2/h4-7H,3,15H2,1-2H3,(H,17,19). The number of ether oxygens (including phenoxy) is 1. The largest absolute Gasteiger partial charge is 0.495 e. The summed E-state index contributed by atoms with van der Waals surface area (Å²) >= 11 is 5.93. The Kier molecular flexibility index (Phi) is 4.14. The van der Waals surface area contributed by atoms with Crippen LogP contribution in [0.4, 0.5) is 11.4 Å². The number of halogens is 1. The molecule has 1 heterocycles. The Morgan fingerprint density at radius 1 is 1.55 bits per heavy atom. The zero-order chi connectivity index (χ0) is 14.7. The van der Waals surface area contributed by atoms with Crippen molar-refractivity contribution in [1.82, 2.24) is 9.78 Å². The molecule has 1 amide bonds. The average molecular weight is 295 g/mol. The molecule has 2 aromatic rings. The molecule has 0 unspecified atom stereocenters. The van der Waals surface area contributed by atoms with Crippen molar-refractivity contribution in [2.45, 2.75) is 13.5 Å². The minimum Gasteiger partial charge on any atom is -0.495 e. The maximum atomic E-state index is 12.2. The number of nitrogen functional groups attached to an aromatic ring is 1. The lowest BCUT2D eigenvalue weighted by molar-refractivity contribution is 0.101. The molecule has 0 bridgehead atoms. The van der Waals surface area contributed by atoms with Gasteiger partial charge in [0.1, 0.15) is 11.4 Å². The summed E-state index contributed by atoms with van der Waals surface area (Å²) in [6, 6.07) is 4.98. The molecular formula is C13H15ClN4O2. The highest BCUT2D eigenvalue weighted by atomic mass is 35.5. The molecule has 0 aliphatic carbocycles. The number of amides is 1. The summed E-state index contributed by atoms with van der Waals surface area (Å²) in [6.07, 6.45) is 1.46. The lowest BCUT2D eigenvalue weighted by Gasteiger charge is -2.09. The highest BCUT2D eigenvalue weighted by Crippen LogP contribution is 2.27. The van der Waals surface area contributed by atoms with Crippen LogP contribution in [-0.4, -0.2) is 22.8 Å². The Labute approximate surface area is 121 Å². The molecule has 1 aromatic heterocycles. The molecular weight excluding hydrogens is 280 g/mol. The second-order valence-corrected chi connectivity index (χ2v) is 4.47. The van der Waals surface area contributed by atoms with Gasteiger partial charge in [0.2, 0.25) is 0 Å². The summed E-state index contributed by atoms with van der Waals surface area (Å²) in [5.74, 6) is 0.160. The average Bonchev–Trinajstić information content (AvgIpc) is 2.82. The molecule has 3 N–H and O–H groups in total. The molecule has 106 valence electrons. The second kappa shape index (κ2) is 5.83. The maximum absolute atomic E-state index is 12.2. The summed E-state index contributed by atoms with van der Waals surface area (Å²) in [5, 5.41) is 7.25. The van der Waals surface area contributed by atoms with Crippen molar-refractivity contribution < 1.29 is 9.53 Å². The molecule has 6 nitrogen and oxygen atoms in total. The minimum atomic E-state index is -0.328. The van der Waals surface area contributed by atoms with E-state index < -0.39 is 0 Å². The summed E-state index contributed by atoms with van der Waals surface area (Å²) in [4.78, 5) is 12.2. The Balaban J connectivity index is 2.25. The Morgan fingerprint density at radius 3 is 2.95 bits per heavy atom. The van der Waals surface area contributed by atoms with E-state index in [0.29, 0.717) is 34.4 Å². The van der Waals surface area contributed by atoms with Crippen LogP contribution >= 0.6 is 11.6 Å². The molecule has 0 radical (unpaired) electrons. The number of nitrogens with two attached hydrogens (primary N) is 1. The van der Waals surface area contributed by atoms with Crippen LogP contribution in [0.2, 0.25) is 5.02 Å². The first-order valence-electron chi connectivity index (χ1n) is 6.03. The lowest BCUT2D eigenvalue weighted by Crippen LogP contribution is -2.18. The molecule has 1 aromatic carbocycles. The van der Waals surface area contributed by atoms with Crippen LogP contribution in [-0.2, 0) is 6.54 Å². The van der Waals surface area contributed by atoms with Crippen LogP contribution in [0, 0.1) is 0 Å². The predicted molar refractivity (Wildman–Crippen MR) is 78.3 cm³/mol. The van der Waals surface area contributed by atoms with Crippen LogP contribution < -0.4 is 15.8 Å². The van der Waals surface area contributed by atoms with Crippen molar-refractivity contribution in [3.63, 3.8) is 0 Å². The monoisotopic (exact) mass is 294 g/mol. The normalized spacial score (nSPS) is 10.3. The van der Waals surface area contributed by atoms with Gasteiger partial charge < -0.3 is 15.8 Å². The van der Waals surface area contributed by atoms with Crippen molar-refractivity contribution in [1.29, 1.82) is 0 Å². The zero-order valence-corrected chi connectivity index (χ0v) is 11.9. The van der Waals surface area contributed by atoms with Gasteiger partial charge in [0.05, 0.1) is 24.0 Å². The van der Waals surface area contributed by atoms with Crippen molar-refractivity contribution in [3.05, 3.63) is 35.1 Å². The quantitative estimate of drug-likeness (QED) is 0.907. The number of aryl methyl sites for hydroxylation is 1. The van der Waals surface area contributed by atoms with Gasteiger partial charge in [-0.15, -0.1) is 0 Å². The van der Waals surface area contributed by atoms with E-state index in [0.717, 1.165) is 0 Å². The summed E-state index contributed by atoms with van der Waals surface area (Å²) in [6.45, 7) is 2.44. The van der Waals surface area contributed by atoms with E-state index >= 15 is 0 Å². The van der Waals surface area contributed by atoms with Crippen molar-refractivity contribution in [3.8, 4) is 5.75 Å². The van der Waals surface area contributed by atoms with Crippen molar-refractivity contribution in [2.24, 2.45) is 0 Å². The first-order valence-corrected chi connectivity index (χ1v) is 6.40. The Hall–Kier alpha value is -2.21. The van der Waals surface area contributed by atoms with Crippen LogP contribution in [0.15, 0.2) is 24.4 Å². The topological polar surface area (TPSA) is 82.2 Å². The van der Waals surface area contributed by atoms with Crippen LogP contribution in [0.5, 0.6) is 5.75 Å². The molecule has 0 spiro atoms. The fourth-order valence-electron chi connectivity index (χ4n) is 1.82. The Morgan fingerprint density at radius 2 is 2.30 bits per heavy atom. The van der Waals surface area contributed by atoms with E-state index in [9.17, 15) is 4.79 Å². The number of aromatic nitrogens is 2. The van der Waals surface area contributed by atoms with E-state index in [1.165, 1.54) is 18.0 Å². The molecule has 0 fully saturated rings. The number of nitrogens with one attached hydrogen (secondary N) is 1. The van der Waals surface area contributed by atoms with Gasteiger partial charge in [-0.2, -0.15) is 5.10 Å². The minimum absolute atomic E-state index is 0.328. The smallest absolute Gasteiger partial charge is 0.276 e. The van der Waals surface area contributed by atoms with E-state index in [1.807, 2.05) is 6.92 Å². The molecule has 0 saturated heterocycles. The van der Waals surface area contributed by atoms with Gasteiger partial charge in [-0.05, 0) is 19.1 Å². The van der Waals surface area contributed by atoms with Gasteiger partial charge in [-0.25, -0.2) is 0 Å². The third-order valence-corrected chi connectivity index (χ3v) is 3.10. The number of hydrogen-bond acceptors (Lipinski definition) is 4. The summed E-state index contributed by atoms with van der Waals surface area (Å²) < 4.78 is 6.64. The van der Waals surface area contributed by atoms with Crippen LogP contribution in [0.25, 0.3) is 0 Å². The number of nitrogens with zero attached hydrogens (tertiary/aromatic N) is 2. The van der Waals surface area contributed by atoms with Gasteiger partial charge in [-0.1, -0.05) is 11.6 Å². The number of methoxy groups -OCH3 is 1. The second-order valence-electron chi connectivity index (χ2n) is 4.07. The summed E-state index contributed by atoms with van der Waals surface area (Å²) in [5.41, 5.74) is 7.00. The first-order chi connectivity index (χ1) is 9.56. The van der Waals surface area contributed by atoms with Crippen molar-refractivity contribution in [2.75, 3.05) is 18.2 Å². The predicted octanol–water partition coefficient (Wildman–Crippen LogP) is 2.40. The van der Waals surface area contributed by atoms with Gasteiger partial charge in [0, 0.05) is 18.3 Å². The highest BCUT2D eigenvalue weighted by Gasteiger charge is 2.16. The first kappa shape index (κ1) is 14.2. The number of carbonyl (C=O) groups is 1. The fraction of sp³-hybridized carbons (Fsp3) is 0.231. The lowest BCUT2D eigenvalue weighted by atomic mass is 10.2. The number of hydrogen-bond donors (Lipinski definition) is 2. The molecule has 2 rings (SSSR count). The van der Waals surface area contributed by atoms with E-state index in [4.69, 9.17) is 22.1 Å². The molecule has 0 aliphatic rings. The Bertz CT molecular complexity index is 639. The highest BCUT2D eigenvalue weighted by molar-refractivity contribution is 6.32. The fourth-order valence-corrected chi connectivity index (χ4v) is 2.01. The van der Waals surface area contributed by atoms with E-state index in [2.05, 4.69) is 10.4 Å². The number of carbonyl (C=O) groups excluding carboxylic acids is 1. The molecule has 0 saturated carbocycles. The SMILES string of the molecule is CCn1ncc(N)c1C(=O)Nc1ccc(Cl)c(OC)c1. The van der Waals surface area contributed by atoms with Crippen LogP contribution in [0.1, 0.15) is 17.4 Å². The number of benzene rings is 1. The van der Waals surface area contributed by atoms with Crippen LogP contribution in [0.3, 0.4) is 0 Å². The molecule has 0 atom stereocenters. The van der Waals surface area contributed by atoms with E-state index in [-0.39, 0.29) is 5.91 Å². The zero-order valence-electron chi connectivity index (χ0n) is 11.2. The van der Waals surface area contributed by atoms with Gasteiger partial charge in [0.15, 0.2) is 0 Å². The number of rotatable bonds is 4. The third kappa shape index (κ3) is 2.70.